The summed E-state index contributed by atoms with van der Waals surface area (Å²) in [5, 5.41) is 15.5. The first-order chi connectivity index (χ1) is 12.5. The molecule has 5 nitrogen and oxygen atoms in total. The Kier molecular flexibility index (Phi) is 5.13. The molecule has 0 saturated heterocycles. The van der Waals surface area contributed by atoms with E-state index in [1.54, 1.807) is 6.92 Å². The minimum Gasteiger partial charge on any atom is -0.374 e. The van der Waals surface area contributed by atoms with Gasteiger partial charge in [-0.2, -0.15) is 5.26 Å². The molecule has 0 radical (unpaired) electrons. The zero-order valence-corrected chi connectivity index (χ0v) is 15.2. The lowest BCUT2D eigenvalue weighted by atomic mass is 9.98. The van der Waals surface area contributed by atoms with E-state index in [9.17, 15) is 10.1 Å². The van der Waals surface area contributed by atoms with Crippen molar-refractivity contribution in [1.82, 2.24) is 5.32 Å². The summed E-state index contributed by atoms with van der Waals surface area (Å²) in [5.74, 6) is 0.103. The van der Waals surface area contributed by atoms with Gasteiger partial charge in [-0.05, 0) is 49.9 Å². The summed E-state index contributed by atoms with van der Waals surface area (Å²) in [6.45, 7) is 1.93. The number of hydrogen-bond acceptors (Lipinski definition) is 4. The van der Waals surface area contributed by atoms with Crippen molar-refractivity contribution >= 4 is 23.0 Å². The number of para-hydroxylation sites is 3. The third-order valence-corrected chi connectivity index (χ3v) is 4.87. The highest BCUT2D eigenvalue weighted by atomic mass is 16.2. The van der Waals surface area contributed by atoms with Crippen molar-refractivity contribution < 1.29 is 4.79 Å². The minimum absolute atomic E-state index is 0.129. The number of carbonyl (C=O) groups is 1. The largest absolute Gasteiger partial charge is 0.374 e. The zero-order chi connectivity index (χ0) is 18.6. The minimum atomic E-state index is -0.765. The predicted octanol–water partition coefficient (Wildman–Crippen LogP) is 3.67. The van der Waals surface area contributed by atoms with Crippen LogP contribution in [0.15, 0.2) is 54.6 Å². The average molecular weight is 348 g/mol. The van der Waals surface area contributed by atoms with Crippen LogP contribution in [0.4, 0.5) is 17.1 Å². The lowest BCUT2D eigenvalue weighted by molar-refractivity contribution is -0.120. The van der Waals surface area contributed by atoms with E-state index < -0.39 is 5.54 Å². The summed E-state index contributed by atoms with van der Waals surface area (Å²) in [4.78, 5) is 14.4. The van der Waals surface area contributed by atoms with E-state index in [0.717, 1.165) is 29.9 Å². The van der Waals surface area contributed by atoms with Gasteiger partial charge in [0.05, 0.1) is 24.0 Å². The normalized spacial score (nSPS) is 15.4. The highest BCUT2D eigenvalue weighted by Crippen LogP contribution is 2.39. The summed E-state index contributed by atoms with van der Waals surface area (Å²) >= 11 is 0. The topological polar surface area (TPSA) is 68.2 Å². The Balaban J connectivity index is 1.67. The summed E-state index contributed by atoms with van der Waals surface area (Å²) in [5.41, 5.74) is 2.16. The molecule has 2 N–H and O–H groups in total. The Hall–Kier alpha value is -3.00. The van der Waals surface area contributed by atoms with Gasteiger partial charge in [0.1, 0.15) is 5.54 Å². The number of nitrogens with zero attached hydrogens (tertiary/aromatic N) is 2. The van der Waals surface area contributed by atoms with E-state index in [1.807, 2.05) is 61.6 Å². The number of amides is 1. The number of anilines is 3. The van der Waals surface area contributed by atoms with Gasteiger partial charge >= 0.3 is 0 Å². The van der Waals surface area contributed by atoms with E-state index >= 15 is 0 Å². The summed E-state index contributed by atoms with van der Waals surface area (Å²) in [6.07, 6.45) is 2.00. The highest BCUT2D eigenvalue weighted by molar-refractivity contribution is 5.84. The smallest absolute Gasteiger partial charge is 0.240 e. The van der Waals surface area contributed by atoms with Crippen LogP contribution in [0.3, 0.4) is 0 Å². The van der Waals surface area contributed by atoms with Crippen molar-refractivity contribution in [2.45, 2.75) is 25.3 Å². The third kappa shape index (κ3) is 3.97. The second kappa shape index (κ2) is 7.49. The van der Waals surface area contributed by atoms with Gasteiger partial charge in [0, 0.05) is 12.7 Å². The van der Waals surface area contributed by atoms with Gasteiger partial charge in [0.2, 0.25) is 5.91 Å². The van der Waals surface area contributed by atoms with E-state index in [2.05, 4.69) is 21.6 Å². The maximum Gasteiger partial charge on any atom is 0.240 e. The first kappa shape index (κ1) is 17.8. The summed E-state index contributed by atoms with van der Waals surface area (Å²) in [7, 11) is 2.00. The van der Waals surface area contributed by atoms with E-state index in [1.165, 1.54) is 0 Å². The van der Waals surface area contributed by atoms with Crippen LogP contribution in [0.2, 0.25) is 0 Å². The molecule has 2 aromatic carbocycles. The maximum absolute atomic E-state index is 12.3. The quantitative estimate of drug-likeness (QED) is 0.801. The Morgan fingerprint density at radius 2 is 1.85 bits per heavy atom. The number of carbonyl (C=O) groups excluding carboxylic acids is 1. The van der Waals surface area contributed by atoms with Gasteiger partial charge < -0.3 is 15.5 Å². The van der Waals surface area contributed by atoms with Gasteiger partial charge in [-0.25, -0.2) is 0 Å². The van der Waals surface area contributed by atoms with Crippen LogP contribution in [-0.2, 0) is 4.79 Å². The molecule has 1 aliphatic carbocycles. The molecule has 0 spiro atoms. The van der Waals surface area contributed by atoms with Crippen molar-refractivity contribution in [3.63, 3.8) is 0 Å². The molecule has 1 amide bonds. The van der Waals surface area contributed by atoms with Crippen LogP contribution in [-0.4, -0.2) is 25.0 Å². The molecule has 3 rings (SSSR count). The van der Waals surface area contributed by atoms with E-state index in [0.29, 0.717) is 0 Å². The molecule has 0 bridgehead atoms. The molecule has 134 valence electrons. The van der Waals surface area contributed by atoms with Crippen LogP contribution in [0.25, 0.3) is 0 Å². The van der Waals surface area contributed by atoms with Gasteiger partial charge in [-0.1, -0.05) is 30.3 Å². The molecule has 1 fully saturated rings. The fourth-order valence-corrected chi connectivity index (χ4v) is 3.10. The van der Waals surface area contributed by atoms with Crippen LogP contribution >= 0.6 is 0 Å². The van der Waals surface area contributed by atoms with Crippen molar-refractivity contribution in [2.24, 2.45) is 5.92 Å². The molecular weight excluding hydrogens is 324 g/mol. The average Bonchev–Trinajstić information content (AvgIpc) is 3.52. The molecule has 0 heterocycles. The van der Waals surface area contributed by atoms with Gasteiger partial charge in [-0.15, -0.1) is 0 Å². The molecule has 5 heteroatoms. The molecule has 0 aliphatic heterocycles. The van der Waals surface area contributed by atoms with Crippen LogP contribution in [0.5, 0.6) is 0 Å². The Labute approximate surface area is 154 Å². The van der Waals surface area contributed by atoms with Gasteiger partial charge in [0.15, 0.2) is 0 Å². The van der Waals surface area contributed by atoms with Crippen molar-refractivity contribution in [3.8, 4) is 6.07 Å². The number of nitrogens with one attached hydrogen (secondary N) is 2. The van der Waals surface area contributed by atoms with E-state index in [4.69, 9.17) is 0 Å². The second-order valence-corrected chi connectivity index (χ2v) is 6.90. The highest BCUT2D eigenvalue weighted by Gasteiger charge is 2.42. The van der Waals surface area contributed by atoms with Crippen LogP contribution in [0, 0.1) is 17.2 Å². The molecule has 0 unspecified atom stereocenters. The zero-order valence-electron chi connectivity index (χ0n) is 15.2. The lowest BCUT2D eigenvalue weighted by Crippen LogP contribution is -2.48. The lowest BCUT2D eigenvalue weighted by Gasteiger charge is -2.25. The number of rotatable bonds is 7. The summed E-state index contributed by atoms with van der Waals surface area (Å²) in [6, 6.07) is 20.2. The van der Waals surface area contributed by atoms with Crippen molar-refractivity contribution in [3.05, 3.63) is 54.6 Å². The molecule has 26 heavy (non-hydrogen) atoms. The SMILES string of the molecule is CN(c1ccccc1)c1ccccc1NCC(=O)N[C@](C)(C#N)C1CC1. The fourth-order valence-electron chi connectivity index (χ4n) is 3.10. The second-order valence-electron chi connectivity index (χ2n) is 6.90. The van der Waals surface area contributed by atoms with E-state index in [-0.39, 0.29) is 18.4 Å². The van der Waals surface area contributed by atoms with Gasteiger partial charge in [-0.3, -0.25) is 4.79 Å². The molecule has 1 aliphatic rings. The summed E-state index contributed by atoms with van der Waals surface area (Å²) < 4.78 is 0. The third-order valence-electron chi connectivity index (χ3n) is 4.87. The fraction of sp³-hybridized carbons (Fsp3) is 0.333. The monoisotopic (exact) mass is 348 g/mol. The number of benzene rings is 2. The Morgan fingerprint density at radius 3 is 2.50 bits per heavy atom. The number of hydrogen-bond donors (Lipinski definition) is 2. The predicted molar refractivity (Wildman–Crippen MR) is 104 cm³/mol. The van der Waals surface area contributed by atoms with Crippen LogP contribution < -0.4 is 15.5 Å². The molecule has 2 aromatic rings. The molecular formula is C21H24N4O. The van der Waals surface area contributed by atoms with Gasteiger partial charge in [0.25, 0.3) is 0 Å². The van der Waals surface area contributed by atoms with Crippen molar-refractivity contribution in [1.29, 1.82) is 5.26 Å². The van der Waals surface area contributed by atoms with Crippen LogP contribution in [0.1, 0.15) is 19.8 Å². The maximum atomic E-state index is 12.3. The first-order valence-corrected chi connectivity index (χ1v) is 8.87. The number of nitriles is 1. The molecule has 1 atom stereocenters. The van der Waals surface area contributed by atoms with Crippen molar-refractivity contribution in [2.75, 3.05) is 23.8 Å². The standard InChI is InChI=1S/C21H24N4O/c1-21(15-22,16-12-13-16)24-20(26)14-23-18-10-6-7-11-19(18)25(2)17-8-4-3-5-9-17/h3-11,16,23H,12-14H2,1-2H3,(H,24,26)/t21-/m1/s1. The Bertz CT molecular complexity index is 810. The Morgan fingerprint density at radius 1 is 1.19 bits per heavy atom. The first-order valence-electron chi connectivity index (χ1n) is 8.87. The molecule has 1 saturated carbocycles. The molecule has 0 aromatic heterocycles.